The maximum atomic E-state index is 12.8. The minimum Gasteiger partial charge on any atom is -0.394 e. The molecule has 0 aliphatic heterocycles. The molecule has 0 heterocycles. The Morgan fingerprint density at radius 1 is 1.25 bits per heavy atom. The van der Waals surface area contributed by atoms with E-state index in [-0.39, 0.29) is 17.9 Å². The molecule has 4 N–H and O–H groups in total. The summed E-state index contributed by atoms with van der Waals surface area (Å²) in [6, 6.07) is 0. The van der Waals surface area contributed by atoms with Gasteiger partial charge in [0.2, 0.25) is 5.91 Å². The number of amides is 1. The van der Waals surface area contributed by atoms with Gasteiger partial charge in [0.15, 0.2) is 0 Å². The van der Waals surface area contributed by atoms with Gasteiger partial charge in [-0.25, -0.2) is 0 Å². The van der Waals surface area contributed by atoms with Gasteiger partial charge in [-0.15, -0.1) is 0 Å². The number of carbonyl (C=O) groups excluding carboxylic acids is 1. The highest BCUT2D eigenvalue weighted by Crippen LogP contribution is 2.38. The molecule has 20 heavy (non-hydrogen) atoms. The molecule has 0 aromatic heterocycles. The highest BCUT2D eigenvalue weighted by atomic mass is 16.3. The summed E-state index contributed by atoms with van der Waals surface area (Å²) in [7, 11) is 0. The maximum Gasteiger partial charge on any atom is 0.228 e. The Bertz CT molecular complexity index is 339. The van der Waals surface area contributed by atoms with Crippen LogP contribution in [0.25, 0.3) is 0 Å². The van der Waals surface area contributed by atoms with Crippen LogP contribution < -0.4 is 11.1 Å². The topological polar surface area (TPSA) is 75.3 Å². The van der Waals surface area contributed by atoms with Gasteiger partial charge >= 0.3 is 0 Å². The molecule has 4 nitrogen and oxygen atoms in total. The maximum absolute atomic E-state index is 12.8. The SMILES string of the molecule is CC1CCCC(CO)(NC(=O)C2(CN)CCCCC2)C1. The average molecular weight is 282 g/mol. The molecule has 2 aliphatic carbocycles. The van der Waals surface area contributed by atoms with Crippen LogP contribution in [0.15, 0.2) is 0 Å². The summed E-state index contributed by atoms with van der Waals surface area (Å²) in [6.45, 7) is 2.68. The number of carbonyl (C=O) groups is 1. The van der Waals surface area contributed by atoms with Crippen LogP contribution in [0.2, 0.25) is 0 Å². The van der Waals surface area contributed by atoms with Gasteiger partial charge in [0.05, 0.1) is 17.6 Å². The van der Waals surface area contributed by atoms with Gasteiger partial charge in [-0.3, -0.25) is 4.79 Å². The number of hydrogen-bond acceptors (Lipinski definition) is 3. The quantitative estimate of drug-likeness (QED) is 0.738. The van der Waals surface area contributed by atoms with Crippen molar-refractivity contribution in [1.82, 2.24) is 5.32 Å². The van der Waals surface area contributed by atoms with Gasteiger partial charge in [0, 0.05) is 6.54 Å². The predicted molar refractivity (Wildman–Crippen MR) is 80.2 cm³/mol. The van der Waals surface area contributed by atoms with E-state index in [1.54, 1.807) is 0 Å². The van der Waals surface area contributed by atoms with E-state index in [2.05, 4.69) is 12.2 Å². The van der Waals surface area contributed by atoms with E-state index >= 15 is 0 Å². The van der Waals surface area contributed by atoms with Gasteiger partial charge in [-0.2, -0.15) is 0 Å². The third-order valence-electron chi connectivity index (χ3n) is 5.46. The Balaban J connectivity index is 2.07. The average Bonchev–Trinajstić information content (AvgIpc) is 2.48. The van der Waals surface area contributed by atoms with Crippen molar-refractivity contribution in [3.05, 3.63) is 0 Å². The number of aliphatic hydroxyl groups is 1. The molecule has 2 atom stereocenters. The summed E-state index contributed by atoms with van der Waals surface area (Å²) in [6.07, 6.45) is 9.23. The third-order valence-corrected chi connectivity index (χ3v) is 5.46. The number of rotatable bonds is 4. The van der Waals surface area contributed by atoms with Crippen LogP contribution in [0.1, 0.15) is 64.7 Å². The second kappa shape index (κ2) is 6.44. The third kappa shape index (κ3) is 3.17. The largest absolute Gasteiger partial charge is 0.394 e. The van der Waals surface area contributed by atoms with Crippen LogP contribution >= 0.6 is 0 Å². The standard InChI is InChI=1S/C16H30N2O2/c1-13-6-5-9-16(10-13,12-19)18-14(20)15(11-17)7-3-2-4-8-15/h13,19H,2-12,17H2,1H3,(H,18,20). The van der Waals surface area contributed by atoms with E-state index in [0.29, 0.717) is 12.5 Å². The fraction of sp³-hybridized carbons (Fsp3) is 0.938. The molecular formula is C16H30N2O2. The minimum atomic E-state index is -0.408. The van der Waals surface area contributed by atoms with Crippen molar-refractivity contribution in [2.24, 2.45) is 17.1 Å². The van der Waals surface area contributed by atoms with Gasteiger partial charge in [0.1, 0.15) is 0 Å². The fourth-order valence-corrected chi connectivity index (χ4v) is 4.08. The van der Waals surface area contributed by atoms with E-state index in [0.717, 1.165) is 44.9 Å². The molecule has 2 saturated carbocycles. The van der Waals surface area contributed by atoms with E-state index < -0.39 is 5.54 Å². The first-order valence-electron chi connectivity index (χ1n) is 8.19. The predicted octanol–water partition coefficient (Wildman–Crippen LogP) is 1.95. The van der Waals surface area contributed by atoms with Gasteiger partial charge in [-0.1, -0.05) is 39.0 Å². The first-order valence-corrected chi connectivity index (χ1v) is 8.19. The summed E-state index contributed by atoms with van der Waals surface area (Å²) in [5.41, 5.74) is 5.14. The van der Waals surface area contributed by atoms with Crippen LogP contribution in [-0.4, -0.2) is 29.7 Å². The van der Waals surface area contributed by atoms with Crippen molar-refractivity contribution in [3.8, 4) is 0 Å². The van der Waals surface area contributed by atoms with Crippen LogP contribution in [0, 0.1) is 11.3 Å². The van der Waals surface area contributed by atoms with Crippen molar-refractivity contribution in [2.45, 2.75) is 70.3 Å². The molecule has 0 spiro atoms. The van der Waals surface area contributed by atoms with Crippen molar-refractivity contribution in [2.75, 3.05) is 13.2 Å². The normalized spacial score (nSPS) is 33.6. The van der Waals surface area contributed by atoms with E-state index in [4.69, 9.17) is 5.73 Å². The zero-order chi connectivity index (χ0) is 14.6. The van der Waals surface area contributed by atoms with Crippen molar-refractivity contribution >= 4 is 5.91 Å². The summed E-state index contributed by atoms with van der Waals surface area (Å²) in [5.74, 6) is 0.652. The second-order valence-electron chi connectivity index (χ2n) is 7.14. The molecule has 0 bridgehead atoms. The highest BCUT2D eigenvalue weighted by Gasteiger charge is 2.43. The zero-order valence-electron chi connectivity index (χ0n) is 12.8. The van der Waals surface area contributed by atoms with Crippen LogP contribution in [-0.2, 0) is 4.79 Å². The van der Waals surface area contributed by atoms with Crippen LogP contribution in [0.4, 0.5) is 0 Å². The summed E-state index contributed by atoms with van der Waals surface area (Å²) in [5, 5.41) is 13.0. The number of nitrogens with one attached hydrogen (secondary N) is 1. The van der Waals surface area contributed by atoms with Gasteiger partial charge in [-0.05, 0) is 31.6 Å². The lowest BCUT2D eigenvalue weighted by Crippen LogP contribution is -2.59. The second-order valence-corrected chi connectivity index (χ2v) is 7.14. The Morgan fingerprint density at radius 3 is 2.50 bits per heavy atom. The summed E-state index contributed by atoms with van der Waals surface area (Å²) in [4.78, 5) is 12.8. The lowest BCUT2D eigenvalue weighted by molar-refractivity contribution is -0.136. The molecule has 2 aliphatic rings. The van der Waals surface area contributed by atoms with Crippen LogP contribution in [0.5, 0.6) is 0 Å². The molecular weight excluding hydrogens is 252 g/mol. The van der Waals surface area contributed by atoms with E-state index in [1.807, 2.05) is 0 Å². The lowest BCUT2D eigenvalue weighted by Gasteiger charge is -2.43. The van der Waals surface area contributed by atoms with Crippen molar-refractivity contribution in [1.29, 1.82) is 0 Å². The molecule has 0 aromatic carbocycles. The lowest BCUT2D eigenvalue weighted by atomic mass is 9.71. The Morgan fingerprint density at radius 2 is 1.95 bits per heavy atom. The van der Waals surface area contributed by atoms with Crippen molar-refractivity contribution in [3.63, 3.8) is 0 Å². The number of hydrogen-bond donors (Lipinski definition) is 3. The molecule has 116 valence electrons. The summed E-state index contributed by atoms with van der Waals surface area (Å²) >= 11 is 0. The Labute approximate surface area is 122 Å². The first-order chi connectivity index (χ1) is 9.56. The molecule has 0 aromatic rings. The molecule has 4 heteroatoms. The Hall–Kier alpha value is -0.610. The fourth-order valence-electron chi connectivity index (χ4n) is 4.08. The van der Waals surface area contributed by atoms with E-state index in [1.165, 1.54) is 12.8 Å². The number of aliphatic hydroxyl groups excluding tert-OH is 1. The smallest absolute Gasteiger partial charge is 0.228 e. The molecule has 1 amide bonds. The van der Waals surface area contributed by atoms with E-state index in [9.17, 15) is 9.90 Å². The highest BCUT2D eigenvalue weighted by molar-refractivity contribution is 5.83. The molecule has 0 saturated heterocycles. The Kier molecular flexibility index (Phi) is 5.08. The minimum absolute atomic E-state index is 0.0454. The number of nitrogens with two attached hydrogens (primary N) is 1. The molecule has 2 unspecified atom stereocenters. The van der Waals surface area contributed by atoms with Gasteiger partial charge in [0.25, 0.3) is 0 Å². The monoisotopic (exact) mass is 282 g/mol. The van der Waals surface area contributed by atoms with Crippen molar-refractivity contribution < 1.29 is 9.90 Å². The molecule has 2 rings (SSSR count). The zero-order valence-corrected chi connectivity index (χ0v) is 12.8. The van der Waals surface area contributed by atoms with Crippen LogP contribution in [0.3, 0.4) is 0 Å². The molecule has 0 radical (unpaired) electrons. The van der Waals surface area contributed by atoms with Gasteiger partial charge < -0.3 is 16.2 Å². The molecule has 2 fully saturated rings. The summed E-state index contributed by atoms with van der Waals surface area (Å²) < 4.78 is 0. The first kappa shape index (κ1) is 15.8.